The van der Waals surface area contributed by atoms with Gasteiger partial charge in [-0.2, -0.15) is 4.68 Å². The molecule has 0 saturated heterocycles. The van der Waals surface area contributed by atoms with Crippen molar-refractivity contribution in [2.45, 2.75) is 0 Å². The van der Waals surface area contributed by atoms with Crippen molar-refractivity contribution in [1.29, 1.82) is 0 Å². The number of rotatable bonds is 5. The van der Waals surface area contributed by atoms with Gasteiger partial charge in [-0.15, -0.1) is 5.10 Å². The summed E-state index contributed by atoms with van der Waals surface area (Å²) in [4.78, 5) is 17.0. The van der Waals surface area contributed by atoms with Crippen LogP contribution in [0.25, 0.3) is 5.69 Å². The van der Waals surface area contributed by atoms with Crippen molar-refractivity contribution in [3.05, 3.63) is 84.8 Å². The number of pyridine rings is 1. The molecular weight excluding hydrogens is 342 g/mol. The fourth-order valence-corrected chi connectivity index (χ4v) is 2.55. The van der Waals surface area contributed by atoms with E-state index in [1.807, 2.05) is 36.4 Å². The number of para-hydroxylation sites is 2. The molecule has 4 rings (SSSR count). The first kappa shape index (κ1) is 16.4. The first-order valence-corrected chi connectivity index (χ1v) is 8.21. The van der Waals surface area contributed by atoms with Crippen LogP contribution in [0.4, 0.5) is 17.2 Å². The second-order valence-electron chi connectivity index (χ2n) is 5.65. The molecule has 2 heterocycles. The number of aromatic nitrogens is 5. The van der Waals surface area contributed by atoms with Gasteiger partial charge in [0, 0.05) is 5.69 Å². The van der Waals surface area contributed by atoms with Crippen molar-refractivity contribution in [2.24, 2.45) is 0 Å². The van der Waals surface area contributed by atoms with Crippen molar-refractivity contribution in [2.75, 3.05) is 10.6 Å². The number of hydrogen-bond acceptors (Lipinski definition) is 6. The van der Waals surface area contributed by atoms with Crippen LogP contribution in [0.15, 0.2) is 79.3 Å². The summed E-state index contributed by atoms with van der Waals surface area (Å²) in [6, 6.07) is 20.4. The quantitative estimate of drug-likeness (QED) is 0.570. The maximum Gasteiger partial charge on any atom is 0.257 e. The highest BCUT2D eigenvalue weighted by atomic mass is 16.1. The van der Waals surface area contributed by atoms with E-state index in [0.717, 1.165) is 5.69 Å². The number of anilines is 3. The van der Waals surface area contributed by atoms with Gasteiger partial charge in [-0.05, 0) is 46.8 Å². The van der Waals surface area contributed by atoms with Crippen LogP contribution in [-0.4, -0.2) is 31.1 Å². The lowest BCUT2D eigenvalue weighted by atomic mass is 10.1. The van der Waals surface area contributed by atoms with Gasteiger partial charge in [0.25, 0.3) is 5.91 Å². The Hall–Kier alpha value is -4.07. The molecule has 2 aromatic carbocycles. The van der Waals surface area contributed by atoms with E-state index in [4.69, 9.17) is 0 Å². The topological polar surface area (TPSA) is 97.6 Å². The summed E-state index contributed by atoms with van der Waals surface area (Å²) < 4.78 is 1.44. The monoisotopic (exact) mass is 357 g/mol. The third-order valence-electron chi connectivity index (χ3n) is 3.81. The lowest BCUT2D eigenvalue weighted by Crippen LogP contribution is -2.15. The van der Waals surface area contributed by atoms with Gasteiger partial charge in [0.05, 0.1) is 23.1 Å². The highest BCUT2D eigenvalue weighted by Crippen LogP contribution is 2.18. The van der Waals surface area contributed by atoms with Gasteiger partial charge < -0.3 is 10.6 Å². The van der Waals surface area contributed by atoms with Crippen LogP contribution in [0, 0.1) is 0 Å². The molecule has 8 heteroatoms. The number of hydrogen-bond donors (Lipinski definition) is 2. The summed E-state index contributed by atoms with van der Waals surface area (Å²) in [5.74, 6) is 0.417. The van der Waals surface area contributed by atoms with Crippen LogP contribution in [0.2, 0.25) is 0 Å². The molecule has 0 atom stereocenters. The zero-order valence-electron chi connectivity index (χ0n) is 14.1. The third kappa shape index (κ3) is 3.79. The molecule has 0 spiro atoms. The Morgan fingerprint density at radius 3 is 2.44 bits per heavy atom. The largest absolute Gasteiger partial charge is 0.340 e. The second kappa shape index (κ2) is 7.44. The van der Waals surface area contributed by atoms with Gasteiger partial charge in [-0.25, -0.2) is 4.98 Å². The Balaban J connectivity index is 1.49. The van der Waals surface area contributed by atoms with Crippen molar-refractivity contribution >= 4 is 23.1 Å². The molecule has 2 N–H and O–H groups in total. The molecule has 2 aromatic heterocycles. The molecule has 4 aromatic rings. The summed E-state index contributed by atoms with van der Waals surface area (Å²) in [5, 5.41) is 17.1. The van der Waals surface area contributed by atoms with E-state index in [1.165, 1.54) is 11.0 Å². The number of tetrazole rings is 1. The minimum Gasteiger partial charge on any atom is -0.340 e. The number of amides is 1. The summed E-state index contributed by atoms with van der Waals surface area (Å²) >= 11 is 0. The van der Waals surface area contributed by atoms with Crippen LogP contribution in [0.3, 0.4) is 0 Å². The molecule has 132 valence electrons. The molecule has 0 fully saturated rings. The number of benzene rings is 2. The molecule has 1 amide bonds. The van der Waals surface area contributed by atoms with Crippen molar-refractivity contribution in [3.8, 4) is 5.69 Å². The molecular formula is C19H15N7O. The average Bonchev–Trinajstić information content (AvgIpc) is 3.25. The molecule has 8 nitrogen and oxygen atoms in total. The molecule has 27 heavy (non-hydrogen) atoms. The minimum absolute atomic E-state index is 0.272. The predicted molar refractivity (Wildman–Crippen MR) is 101 cm³/mol. The van der Waals surface area contributed by atoms with E-state index in [0.29, 0.717) is 22.8 Å². The van der Waals surface area contributed by atoms with E-state index in [1.54, 1.807) is 36.5 Å². The summed E-state index contributed by atoms with van der Waals surface area (Å²) in [5.41, 5.74) is 2.58. The fourth-order valence-electron chi connectivity index (χ4n) is 2.55. The Morgan fingerprint density at radius 1 is 0.889 bits per heavy atom. The summed E-state index contributed by atoms with van der Waals surface area (Å²) in [6.45, 7) is 0. The van der Waals surface area contributed by atoms with Crippen LogP contribution in [0.1, 0.15) is 10.4 Å². The maximum atomic E-state index is 12.7. The normalized spacial score (nSPS) is 10.4. The smallest absolute Gasteiger partial charge is 0.257 e. The Morgan fingerprint density at radius 2 is 1.70 bits per heavy atom. The lowest BCUT2D eigenvalue weighted by molar-refractivity contribution is 0.102. The highest BCUT2D eigenvalue weighted by Gasteiger charge is 2.13. The van der Waals surface area contributed by atoms with Gasteiger partial charge in [0.15, 0.2) is 0 Å². The zero-order chi connectivity index (χ0) is 18.5. The standard InChI is InChI=1S/C19H15N7O/c27-19(16-8-4-5-9-17(16)26-13-21-24-25-26)23-15-10-11-18(20-12-15)22-14-6-2-1-3-7-14/h1-13H,(H,20,22)(H,23,27). The first-order valence-electron chi connectivity index (χ1n) is 8.21. The van der Waals surface area contributed by atoms with E-state index in [9.17, 15) is 4.79 Å². The van der Waals surface area contributed by atoms with Crippen LogP contribution < -0.4 is 10.6 Å². The molecule has 0 radical (unpaired) electrons. The van der Waals surface area contributed by atoms with Crippen molar-refractivity contribution < 1.29 is 4.79 Å². The molecule has 0 aliphatic rings. The SMILES string of the molecule is O=C(Nc1ccc(Nc2ccccc2)nc1)c1ccccc1-n1cnnn1. The van der Waals surface area contributed by atoms with Gasteiger partial charge in [0.1, 0.15) is 12.1 Å². The van der Waals surface area contributed by atoms with E-state index < -0.39 is 0 Å². The number of nitrogens with one attached hydrogen (secondary N) is 2. The number of carbonyl (C=O) groups excluding carboxylic acids is 1. The molecule has 0 bridgehead atoms. The molecule has 0 unspecified atom stereocenters. The summed E-state index contributed by atoms with van der Waals surface area (Å²) in [6.07, 6.45) is 3.04. The maximum absolute atomic E-state index is 12.7. The molecule has 0 saturated carbocycles. The lowest BCUT2D eigenvalue weighted by Gasteiger charge is -2.10. The van der Waals surface area contributed by atoms with Gasteiger partial charge in [-0.1, -0.05) is 30.3 Å². The third-order valence-corrected chi connectivity index (χ3v) is 3.81. The highest BCUT2D eigenvalue weighted by molar-refractivity contribution is 6.06. The summed E-state index contributed by atoms with van der Waals surface area (Å²) in [7, 11) is 0. The van der Waals surface area contributed by atoms with Crippen LogP contribution in [-0.2, 0) is 0 Å². The molecule has 0 aliphatic heterocycles. The van der Waals surface area contributed by atoms with Crippen LogP contribution >= 0.6 is 0 Å². The first-order chi connectivity index (χ1) is 13.3. The van der Waals surface area contributed by atoms with E-state index in [2.05, 4.69) is 31.1 Å². The Labute approximate surface area is 154 Å². The van der Waals surface area contributed by atoms with Gasteiger partial charge in [0.2, 0.25) is 0 Å². The van der Waals surface area contributed by atoms with Crippen molar-refractivity contribution in [3.63, 3.8) is 0 Å². The predicted octanol–water partition coefficient (Wildman–Crippen LogP) is 3.05. The fraction of sp³-hybridized carbons (Fsp3) is 0. The van der Waals surface area contributed by atoms with Crippen molar-refractivity contribution in [1.82, 2.24) is 25.2 Å². The zero-order valence-corrected chi connectivity index (χ0v) is 14.1. The minimum atomic E-state index is -0.272. The van der Waals surface area contributed by atoms with Gasteiger partial charge >= 0.3 is 0 Å². The van der Waals surface area contributed by atoms with E-state index in [-0.39, 0.29) is 5.91 Å². The number of nitrogens with zero attached hydrogens (tertiary/aromatic N) is 5. The molecule has 0 aliphatic carbocycles. The van der Waals surface area contributed by atoms with Gasteiger partial charge in [-0.3, -0.25) is 4.79 Å². The van der Waals surface area contributed by atoms with E-state index >= 15 is 0 Å². The second-order valence-corrected chi connectivity index (χ2v) is 5.65. The van der Waals surface area contributed by atoms with Crippen LogP contribution in [0.5, 0.6) is 0 Å². The average molecular weight is 357 g/mol. The Kier molecular flexibility index (Phi) is 4.52. The Bertz CT molecular complexity index is 1030. The number of carbonyl (C=O) groups is 1.